The van der Waals surface area contributed by atoms with Gasteiger partial charge in [-0.15, -0.1) is 0 Å². The van der Waals surface area contributed by atoms with Crippen molar-refractivity contribution >= 4 is 11.7 Å². The van der Waals surface area contributed by atoms with E-state index in [1.54, 1.807) is 11.1 Å². The van der Waals surface area contributed by atoms with Crippen LogP contribution >= 0.6 is 0 Å². The molecular formula is C21H23FN2O3. The number of pyridine rings is 1. The monoisotopic (exact) mass is 370 g/mol. The van der Waals surface area contributed by atoms with Crippen LogP contribution in [0.2, 0.25) is 0 Å². The number of Topliss-reactive ketones (excluding diaryl/α,β-unsaturated/α-hetero) is 1. The molecule has 27 heavy (non-hydrogen) atoms. The van der Waals surface area contributed by atoms with Crippen LogP contribution in [-0.4, -0.2) is 40.8 Å². The fourth-order valence-corrected chi connectivity index (χ4v) is 3.12. The molecule has 142 valence electrons. The molecular weight excluding hydrogens is 347 g/mol. The first kappa shape index (κ1) is 19.2. The van der Waals surface area contributed by atoms with Gasteiger partial charge in [0.05, 0.1) is 18.4 Å². The second kappa shape index (κ2) is 9.37. The second-order valence-electron chi connectivity index (χ2n) is 6.64. The summed E-state index contributed by atoms with van der Waals surface area (Å²) in [5.74, 6) is -0.540. The molecule has 1 aromatic heterocycles. The van der Waals surface area contributed by atoms with Gasteiger partial charge in [-0.1, -0.05) is 6.07 Å². The van der Waals surface area contributed by atoms with E-state index in [0.717, 1.165) is 18.5 Å². The third-order valence-electron chi connectivity index (χ3n) is 4.72. The maximum atomic E-state index is 12.9. The van der Waals surface area contributed by atoms with E-state index in [9.17, 15) is 14.0 Å². The highest BCUT2D eigenvalue weighted by Gasteiger charge is 2.23. The number of benzene rings is 1. The SMILES string of the molecule is O=C(CCC(=O)N1CCC(OCc2ccccn2)CC1)c1ccc(F)cc1. The lowest BCUT2D eigenvalue weighted by Crippen LogP contribution is -2.40. The van der Waals surface area contributed by atoms with Gasteiger partial charge < -0.3 is 9.64 Å². The van der Waals surface area contributed by atoms with E-state index < -0.39 is 0 Å². The summed E-state index contributed by atoms with van der Waals surface area (Å²) < 4.78 is 18.8. The molecule has 0 bridgehead atoms. The van der Waals surface area contributed by atoms with Crippen molar-refractivity contribution in [3.63, 3.8) is 0 Å². The van der Waals surface area contributed by atoms with Crippen LogP contribution in [0, 0.1) is 5.82 Å². The molecule has 0 aliphatic carbocycles. The molecule has 0 unspecified atom stereocenters. The van der Waals surface area contributed by atoms with Crippen LogP contribution in [0.25, 0.3) is 0 Å². The summed E-state index contributed by atoms with van der Waals surface area (Å²) in [5, 5.41) is 0. The summed E-state index contributed by atoms with van der Waals surface area (Å²) in [6.45, 7) is 1.75. The molecule has 1 aliphatic heterocycles. The molecule has 1 fully saturated rings. The summed E-state index contributed by atoms with van der Waals surface area (Å²) in [6, 6.07) is 11.1. The molecule has 0 N–H and O–H groups in total. The topological polar surface area (TPSA) is 59.5 Å². The summed E-state index contributed by atoms with van der Waals surface area (Å²) in [7, 11) is 0. The number of hydrogen-bond acceptors (Lipinski definition) is 4. The van der Waals surface area contributed by atoms with Crippen LogP contribution in [-0.2, 0) is 16.1 Å². The fourth-order valence-electron chi connectivity index (χ4n) is 3.12. The molecule has 2 heterocycles. The number of halogens is 1. The normalized spacial score (nSPS) is 14.9. The first-order chi connectivity index (χ1) is 13.1. The first-order valence-electron chi connectivity index (χ1n) is 9.20. The Morgan fingerprint density at radius 1 is 1.07 bits per heavy atom. The molecule has 1 aliphatic rings. The smallest absolute Gasteiger partial charge is 0.223 e. The van der Waals surface area contributed by atoms with Gasteiger partial charge in [0, 0.05) is 37.7 Å². The van der Waals surface area contributed by atoms with Gasteiger partial charge in [0.2, 0.25) is 5.91 Å². The summed E-state index contributed by atoms with van der Waals surface area (Å²) >= 11 is 0. The number of carbonyl (C=O) groups excluding carboxylic acids is 2. The largest absolute Gasteiger partial charge is 0.372 e. The van der Waals surface area contributed by atoms with E-state index in [-0.39, 0.29) is 36.5 Å². The van der Waals surface area contributed by atoms with E-state index in [2.05, 4.69) is 4.98 Å². The fraction of sp³-hybridized carbons (Fsp3) is 0.381. The van der Waals surface area contributed by atoms with Crippen LogP contribution in [0.15, 0.2) is 48.7 Å². The van der Waals surface area contributed by atoms with Gasteiger partial charge in [-0.05, 0) is 49.2 Å². The Labute approximate surface area is 158 Å². The van der Waals surface area contributed by atoms with Crippen molar-refractivity contribution in [2.75, 3.05) is 13.1 Å². The molecule has 0 spiro atoms. The van der Waals surface area contributed by atoms with Crippen molar-refractivity contribution in [2.45, 2.75) is 38.4 Å². The number of ketones is 1. The molecule has 6 heteroatoms. The summed E-state index contributed by atoms with van der Waals surface area (Å²) in [5.41, 5.74) is 1.33. The number of rotatable bonds is 7. The van der Waals surface area contributed by atoms with E-state index in [1.165, 1.54) is 24.3 Å². The summed E-state index contributed by atoms with van der Waals surface area (Å²) in [6.07, 6.45) is 3.75. The molecule has 1 aromatic carbocycles. The molecule has 0 atom stereocenters. The lowest BCUT2D eigenvalue weighted by molar-refractivity contribution is -0.134. The van der Waals surface area contributed by atoms with Crippen molar-refractivity contribution in [1.29, 1.82) is 0 Å². The van der Waals surface area contributed by atoms with E-state index >= 15 is 0 Å². The Kier molecular flexibility index (Phi) is 6.65. The second-order valence-corrected chi connectivity index (χ2v) is 6.64. The van der Waals surface area contributed by atoms with Crippen molar-refractivity contribution in [3.05, 3.63) is 65.7 Å². The van der Waals surface area contributed by atoms with Crippen LogP contribution in [0.1, 0.15) is 41.7 Å². The molecule has 3 rings (SSSR count). The van der Waals surface area contributed by atoms with Gasteiger partial charge in [0.25, 0.3) is 0 Å². The predicted octanol–water partition coefficient (Wildman–Crippen LogP) is 3.39. The lowest BCUT2D eigenvalue weighted by atomic mass is 10.0. The van der Waals surface area contributed by atoms with Gasteiger partial charge in [0.15, 0.2) is 5.78 Å². The number of aromatic nitrogens is 1. The minimum absolute atomic E-state index is 0.0198. The zero-order valence-electron chi connectivity index (χ0n) is 15.1. The highest BCUT2D eigenvalue weighted by Crippen LogP contribution is 2.17. The van der Waals surface area contributed by atoms with Crippen molar-refractivity contribution in [1.82, 2.24) is 9.88 Å². The van der Waals surface area contributed by atoms with Crippen LogP contribution in [0.5, 0.6) is 0 Å². The number of amides is 1. The maximum absolute atomic E-state index is 12.9. The molecule has 1 saturated heterocycles. The standard InChI is InChI=1S/C21H23FN2O3/c22-17-6-4-16(5-7-17)20(25)8-9-21(26)24-13-10-19(11-14-24)27-15-18-3-1-2-12-23-18/h1-7,12,19H,8-11,13-15H2. The summed E-state index contributed by atoms with van der Waals surface area (Å²) in [4.78, 5) is 30.5. The third-order valence-corrected chi connectivity index (χ3v) is 4.72. The average molecular weight is 370 g/mol. The third kappa shape index (κ3) is 5.69. The Morgan fingerprint density at radius 2 is 1.81 bits per heavy atom. The minimum Gasteiger partial charge on any atom is -0.372 e. The zero-order chi connectivity index (χ0) is 19.1. The number of ether oxygens (including phenoxy) is 1. The highest BCUT2D eigenvalue weighted by atomic mass is 19.1. The number of nitrogens with zero attached hydrogens (tertiary/aromatic N) is 2. The first-order valence-corrected chi connectivity index (χ1v) is 9.20. The molecule has 5 nitrogen and oxygen atoms in total. The van der Waals surface area contributed by atoms with Gasteiger partial charge >= 0.3 is 0 Å². The van der Waals surface area contributed by atoms with Crippen LogP contribution < -0.4 is 0 Å². The molecule has 0 saturated carbocycles. The Morgan fingerprint density at radius 3 is 2.48 bits per heavy atom. The van der Waals surface area contributed by atoms with Crippen LogP contribution in [0.4, 0.5) is 4.39 Å². The van der Waals surface area contributed by atoms with Gasteiger partial charge in [-0.25, -0.2) is 4.39 Å². The van der Waals surface area contributed by atoms with Gasteiger partial charge in [-0.3, -0.25) is 14.6 Å². The van der Waals surface area contributed by atoms with E-state index in [0.29, 0.717) is 25.3 Å². The zero-order valence-corrected chi connectivity index (χ0v) is 15.1. The average Bonchev–Trinajstić information content (AvgIpc) is 2.72. The van der Waals surface area contributed by atoms with E-state index in [1.807, 2.05) is 18.2 Å². The van der Waals surface area contributed by atoms with Gasteiger partial charge in [0.1, 0.15) is 5.82 Å². The van der Waals surface area contributed by atoms with Gasteiger partial charge in [-0.2, -0.15) is 0 Å². The predicted molar refractivity (Wildman–Crippen MR) is 98.6 cm³/mol. The number of carbonyl (C=O) groups is 2. The van der Waals surface area contributed by atoms with Crippen LogP contribution in [0.3, 0.4) is 0 Å². The van der Waals surface area contributed by atoms with Crippen molar-refractivity contribution in [3.8, 4) is 0 Å². The Bertz CT molecular complexity index is 757. The maximum Gasteiger partial charge on any atom is 0.223 e. The number of likely N-dealkylation sites (tertiary alicyclic amines) is 1. The van der Waals surface area contributed by atoms with Crippen molar-refractivity contribution in [2.24, 2.45) is 0 Å². The van der Waals surface area contributed by atoms with E-state index in [4.69, 9.17) is 4.74 Å². The molecule has 2 aromatic rings. The highest BCUT2D eigenvalue weighted by molar-refractivity contribution is 5.97. The van der Waals surface area contributed by atoms with Crippen molar-refractivity contribution < 1.29 is 18.7 Å². The molecule has 1 amide bonds. The Hall–Kier alpha value is -2.60. The Balaban J connectivity index is 1.38. The quantitative estimate of drug-likeness (QED) is 0.701. The molecule has 0 radical (unpaired) electrons. The minimum atomic E-state index is -0.379. The number of piperidine rings is 1. The number of hydrogen-bond donors (Lipinski definition) is 0. The lowest BCUT2D eigenvalue weighted by Gasteiger charge is -2.32.